The first-order chi connectivity index (χ1) is 21.4. The van der Waals surface area contributed by atoms with Crippen LogP contribution in [-0.4, -0.2) is 138 Å². The van der Waals surface area contributed by atoms with Gasteiger partial charge in [0.05, 0.1) is 13.2 Å². The van der Waals surface area contributed by atoms with Crippen molar-refractivity contribution in [3.8, 4) is 23.0 Å². The Balaban J connectivity index is 1.45. The van der Waals surface area contributed by atoms with Crippen LogP contribution in [0.1, 0.15) is 11.1 Å². The van der Waals surface area contributed by atoms with E-state index in [1.807, 2.05) is 0 Å². The van der Waals surface area contributed by atoms with Crippen LogP contribution in [0.4, 0.5) is 0 Å². The van der Waals surface area contributed by atoms with Crippen LogP contribution >= 0.6 is 0 Å². The van der Waals surface area contributed by atoms with Gasteiger partial charge in [-0.2, -0.15) is 0 Å². The maximum Gasteiger partial charge on any atom is 0.330 e. The summed E-state index contributed by atoms with van der Waals surface area (Å²) in [5.74, 6) is -2.31. The first-order valence-electron chi connectivity index (χ1n) is 13.9. The molecule has 10 atom stereocenters. The number of phenols is 4. The van der Waals surface area contributed by atoms with E-state index in [-0.39, 0.29) is 30.3 Å². The Morgan fingerprint density at radius 3 is 2.09 bits per heavy atom. The first-order valence-corrected chi connectivity index (χ1v) is 13.9. The molecular weight excluding hydrogens is 604 g/mol. The summed E-state index contributed by atoms with van der Waals surface area (Å²) in [6, 6.07) is 7.97. The van der Waals surface area contributed by atoms with Gasteiger partial charge < -0.3 is 74.7 Å². The zero-order valence-corrected chi connectivity index (χ0v) is 23.6. The van der Waals surface area contributed by atoms with Gasteiger partial charge in [0.2, 0.25) is 0 Å². The van der Waals surface area contributed by atoms with Gasteiger partial charge in [0.25, 0.3) is 0 Å². The highest BCUT2D eigenvalue weighted by Crippen LogP contribution is 2.31. The zero-order valence-electron chi connectivity index (χ0n) is 23.6. The molecule has 2 aromatic rings. The molecule has 0 aliphatic carbocycles. The number of ether oxygens (including phenoxy) is 5. The Bertz CT molecular complexity index is 1320. The number of carbonyl (C=O) groups is 1. The number of phenolic OH excluding ortho intramolecular Hbond substituents is 4. The van der Waals surface area contributed by atoms with Gasteiger partial charge >= 0.3 is 5.97 Å². The number of aromatic hydroxyl groups is 4. The predicted molar refractivity (Wildman–Crippen MR) is 149 cm³/mol. The minimum absolute atomic E-state index is 0.108. The lowest BCUT2D eigenvalue weighted by Gasteiger charge is -2.46. The summed E-state index contributed by atoms with van der Waals surface area (Å²) in [7, 11) is 0. The topological polar surface area (TPSA) is 266 Å². The highest BCUT2D eigenvalue weighted by Gasteiger charge is 2.51. The van der Waals surface area contributed by atoms with Crippen LogP contribution in [0.2, 0.25) is 0 Å². The molecule has 2 aromatic carbocycles. The average molecular weight is 641 g/mol. The van der Waals surface area contributed by atoms with Gasteiger partial charge in [-0.15, -0.1) is 0 Å². The highest BCUT2D eigenvalue weighted by atomic mass is 16.7. The van der Waals surface area contributed by atoms with Crippen LogP contribution in [0.5, 0.6) is 23.0 Å². The standard InChI is InChI=1S/C29H36O16/c30-11-19-22(36)24(38)25(39)29(43-19)45-27-23(37)20(12-42-21(35)6-3-13-1-4-15(31)17(33)9-13)44-28(26(27)40)41-8-7-14-2-5-16(32)18(34)10-14/h1-6,9-10,19-20,22-34,36-40H,7-8,11-12H2/b6-3+/t19-,20-,22+,23+,24+,25-,26-,27+,28-,29+/m1/s1. The summed E-state index contributed by atoms with van der Waals surface area (Å²) in [6.45, 7) is -1.44. The molecule has 0 bridgehead atoms. The molecule has 2 fully saturated rings. The molecule has 248 valence electrons. The molecule has 2 aliphatic rings. The molecule has 0 aromatic heterocycles. The molecule has 0 spiro atoms. The number of hydrogen-bond acceptors (Lipinski definition) is 16. The van der Waals surface area contributed by atoms with Crippen LogP contribution in [0, 0.1) is 0 Å². The van der Waals surface area contributed by atoms with Crippen LogP contribution < -0.4 is 0 Å². The van der Waals surface area contributed by atoms with Gasteiger partial charge in [0.15, 0.2) is 35.6 Å². The number of aliphatic hydroxyl groups is 6. The second-order valence-corrected chi connectivity index (χ2v) is 10.5. The normalized spacial score (nSPS) is 32.0. The fourth-order valence-electron chi connectivity index (χ4n) is 4.71. The second kappa shape index (κ2) is 15.2. The highest BCUT2D eigenvalue weighted by molar-refractivity contribution is 5.87. The van der Waals surface area contributed by atoms with Crippen molar-refractivity contribution in [1.82, 2.24) is 0 Å². The van der Waals surface area contributed by atoms with Gasteiger partial charge in [-0.3, -0.25) is 0 Å². The van der Waals surface area contributed by atoms with Gasteiger partial charge in [0, 0.05) is 6.08 Å². The Hall–Kier alpha value is -3.55. The number of aliphatic hydroxyl groups excluding tert-OH is 6. The van der Waals surface area contributed by atoms with Crippen molar-refractivity contribution >= 4 is 12.0 Å². The predicted octanol–water partition coefficient (Wildman–Crippen LogP) is -2.04. The van der Waals surface area contributed by atoms with Crippen molar-refractivity contribution < 1.29 is 79.5 Å². The maximum absolute atomic E-state index is 12.4. The Kier molecular flexibility index (Phi) is 11.6. The van der Waals surface area contributed by atoms with E-state index in [0.717, 1.165) is 6.08 Å². The van der Waals surface area contributed by atoms with Crippen LogP contribution in [0.15, 0.2) is 42.5 Å². The molecule has 16 nitrogen and oxygen atoms in total. The maximum atomic E-state index is 12.4. The lowest BCUT2D eigenvalue weighted by molar-refractivity contribution is -0.360. The molecule has 0 saturated carbocycles. The molecule has 2 heterocycles. The number of esters is 1. The van der Waals surface area contributed by atoms with E-state index in [0.29, 0.717) is 11.1 Å². The van der Waals surface area contributed by atoms with Crippen molar-refractivity contribution in [2.24, 2.45) is 0 Å². The number of hydrogen-bond donors (Lipinski definition) is 10. The minimum Gasteiger partial charge on any atom is -0.504 e. The third kappa shape index (κ3) is 8.39. The van der Waals surface area contributed by atoms with Gasteiger partial charge in [-0.05, 0) is 47.9 Å². The fourth-order valence-corrected chi connectivity index (χ4v) is 4.71. The van der Waals surface area contributed by atoms with Crippen molar-refractivity contribution in [2.75, 3.05) is 19.8 Å². The fraction of sp³-hybridized carbons (Fsp3) is 0.483. The minimum atomic E-state index is -1.85. The molecule has 10 N–H and O–H groups in total. The smallest absolute Gasteiger partial charge is 0.330 e. The molecular formula is C29H36O16. The van der Waals surface area contributed by atoms with Crippen molar-refractivity contribution in [1.29, 1.82) is 0 Å². The summed E-state index contributed by atoms with van der Waals surface area (Å²) >= 11 is 0. The average Bonchev–Trinajstić information content (AvgIpc) is 3.01. The third-order valence-corrected chi connectivity index (χ3v) is 7.30. The second-order valence-electron chi connectivity index (χ2n) is 10.5. The Morgan fingerprint density at radius 2 is 1.42 bits per heavy atom. The SMILES string of the molecule is O=C(/C=C/c1ccc(O)c(O)c1)OC[C@H]1O[C@@H](OCCc2ccc(O)c(O)c2)[C@H](O)[C@@H](O[C@@H]2O[C@H](CO)[C@H](O)[C@H](O)[C@H]2O)[C@H]1O. The van der Waals surface area contributed by atoms with E-state index in [2.05, 4.69) is 0 Å². The molecule has 0 amide bonds. The van der Waals surface area contributed by atoms with E-state index >= 15 is 0 Å². The molecule has 45 heavy (non-hydrogen) atoms. The van der Waals surface area contributed by atoms with Gasteiger partial charge in [-0.25, -0.2) is 4.79 Å². The Morgan fingerprint density at radius 1 is 0.756 bits per heavy atom. The Labute approximate surface area is 256 Å². The quantitative estimate of drug-likeness (QED) is 0.0720. The van der Waals surface area contributed by atoms with Crippen LogP contribution in [0.25, 0.3) is 6.08 Å². The van der Waals surface area contributed by atoms with E-state index in [1.54, 1.807) is 0 Å². The molecule has 16 heteroatoms. The van der Waals surface area contributed by atoms with E-state index in [9.17, 15) is 55.9 Å². The van der Waals surface area contributed by atoms with Crippen molar-refractivity contribution in [2.45, 2.75) is 67.8 Å². The number of carbonyl (C=O) groups excluding carboxylic acids is 1. The molecule has 2 saturated heterocycles. The van der Waals surface area contributed by atoms with Gasteiger partial charge in [0.1, 0.15) is 55.4 Å². The van der Waals surface area contributed by atoms with Crippen LogP contribution in [0.3, 0.4) is 0 Å². The van der Waals surface area contributed by atoms with E-state index in [4.69, 9.17) is 23.7 Å². The summed E-state index contributed by atoms with van der Waals surface area (Å²) in [5, 5.41) is 100. The van der Waals surface area contributed by atoms with E-state index in [1.165, 1.54) is 42.5 Å². The zero-order chi connectivity index (χ0) is 32.8. The third-order valence-electron chi connectivity index (χ3n) is 7.30. The lowest BCUT2D eigenvalue weighted by Crippen LogP contribution is -2.65. The molecule has 4 rings (SSSR count). The monoisotopic (exact) mass is 640 g/mol. The van der Waals surface area contributed by atoms with Crippen molar-refractivity contribution in [3.05, 3.63) is 53.6 Å². The largest absolute Gasteiger partial charge is 0.504 e. The lowest BCUT2D eigenvalue weighted by atomic mass is 9.97. The van der Waals surface area contributed by atoms with Gasteiger partial charge in [-0.1, -0.05) is 12.1 Å². The summed E-state index contributed by atoms with van der Waals surface area (Å²) in [5.41, 5.74) is 0.923. The number of benzene rings is 2. The molecule has 0 unspecified atom stereocenters. The summed E-state index contributed by atoms with van der Waals surface area (Å²) in [4.78, 5) is 12.4. The van der Waals surface area contributed by atoms with Crippen molar-refractivity contribution in [3.63, 3.8) is 0 Å². The number of rotatable bonds is 11. The molecule has 2 aliphatic heterocycles. The summed E-state index contributed by atoms with van der Waals surface area (Å²) in [6.07, 6.45) is -13.9. The first kappa shape index (κ1) is 34.3. The van der Waals surface area contributed by atoms with E-state index < -0.39 is 86.3 Å². The molecule has 0 radical (unpaired) electrons. The summed E-state index contributed by atoms with van der Waals surface area (Å²) < 4.78 is 27.5. The van der Waals surface area contributed by atoms with Crippen LogP contribution in [-0.2, 0) is 34.9 Å².